The van der Waals surface area contributed by atoms with Crippen LogP contribution in [0.4, 0.5) is 5.69 Å². The summed E-state index contributed by atoms with van der Waals surface area (Å²) in [6.07, 6.45) is 0.630. The van der Waals surface area contributed by atoms with Crippen LogP contribution < -0.4 is 5.32 Å². The minimum absolute atomic E-state index is 0.113. The maximum Gasteiger partial charge on any atom is 0.247 e. The Morgan fingerprint density at radius 2 is 1.62 bits per heavy atom. The van der Waals surface area contributed by atoms with Crippen LogP contribution in [0.2, 0.25) is 0 Å². The lowest BCUT2D eigenvalue weighted by molar-refractivity contribution is -0.116. The van der Waals surface area contributed by atoms with E-state index in [1.54, 1.807) is 0 Å². The number of anilines is 1. The van der Waals surface area contributed by atoms with Crippen LogP contribution in [0.3, 0.4) is 0 Å². The lowest BCUT2D eigenvalue weighted by Crippen LogP contribution is -2.12. The second kappa shape index (κ2) is 9.74. The number of aromatic nitrogens is 4. The first kappa shape index (κ1) is 21.7. The van der Waals surface area contributed by atoms with Gasteiger partial charge in [0.15, 0.2) is 5.16 Å². The molecular formula is C24H23N5O2S. The van der Waals surface area contributed by atoms with E-state index in [-0.39, 0.29) is 12.3 Å². The smallest absolute Gasteiger partial charge is 0.247 e. The number of nitrogens with zero attached hydrogens (tertiary/aromatic N) is 4. The summed E-state index contributed by atoms with van der Waals surface area (Å²) >= 11 is 1.49. The van der Waals surface area contributed by atoms with E-state index in [0.29, 0.717) is 23.4 Å². The maximum atomic E-state index is 12.3. The minimum atomic E-state index is -0.113. The van der Waals surface area contributed by atoms with Gasteiger partial charge in [-0.05, 0) is 75.0 Å². The molecule has 0 bridgehead atoms. The zero-order chi connectivity index (χ0) is 22.5. The highest BCUT2D eigenvalue weighted by atomic mass is 32.2. The molecule has 0 aliphatic rings. The van der Waals surface area contributed by atoms with E-state index in [1.807, 2.05) is 75.4 Å². The Bertz CT molecular complexity index is 1200. The van der Waals surface area contributed by atoms with Crippen molar-refractivity contribution in [3.8, 4) is 11.5 Å². The summed E-state index contributed by atoms with van der Waals surface area (Å²) in [6, 6.07) is 17.4. The van der Waals surface area contributed by atoms with Crippen LogP contribution in [0.5, 0.6) is 0 Å². The third-order valence-electron chi connectivity index (χ3n) is 4.64. The van der Waals surface area contributed by atoms with Crippen LogP contribution in [0.1, 0.15) is 29.3 Å². The Morgan fingerprint density at radius 1 is 0.938 bits per heavy atom. The Kier molecular flexibility index (Phi) is 6.61. The van der Waals surface area contributed by atoms with Gasteiger partial charge in [-0.2, -0.15) is 0 Å². The summed E-state index contributed by atoms with van der Waals surface area (Å²) in [5.74, 6) is 0.787. The molecule has 162 valence electrons. The molecule has 0 saturated carbocycles. The highest BCUT2D eigenvalue weighted by molar-refractivity contribution is 7.99. The van der Waals surface area contributed by atoms with Gasteiger partial charge in [0.25, 0.3) is 0 Å². The molecule has 0 saturated heterocycles. The first-order chi connectivity index (χ1) is 15.4. The maximum absolute atomic E-state index is 12.3. The SMILES string of the molecule is Cc1ccc(-c2nnc(CCC(=O)Nc3ccc(Sc4nc(C)cc(C)n4)cc3)o2)cc1. The molecule has 0 radical (unpaired) electrons. The van der Waals surface area contributed by atoms with E-state index < -0.39 is 0 Å². The van der Waals surface area contributed by atoms with Gasteiger partial charge >= 0.3 is 0 Å². The summed E-state index contributed by atoms with van der Waals surface area (Å²) in [4.78, 5) is 22.2. The molecule has 1 N–H and O–H groups in total. The molecule has 7 nitrogen and oxygen atoms in total. The molecule has 2 aromatic carbocycles. The van der Waals surface area contributed by atoms with Gasteiger partial charge in [0.05, 0.1) is 0 Å². The van der Waals surface area contributed by atoms with Crippen LogP contribution in [-0.2, 0) is 11.2 Å². The number of hydrogen-bond donors (Lipinski definition) is 1. The molecule has 0 aliphatic heterocycles. The average molecular weight is 446 g/mol. The van der Waals surface area contributed by atoms with E-state index >= 15 is 0 Å². The van der Waals surface area contributed by atoms with Gasteiger partial charge in [-0.3, -0.25) is 4.79 Å². The van der Waals surface area contributed by atoms with Gasteiger partial charge < -0.3 is 9.73 Å². The summed E-state index contributed by atoms with van der Waals surface area (Å²) in [5.41, 5.74) is 4.64. The molecule has 2 aromatic heterocycles. The highest BCUT2D eigenvalue weighted by Gasteiger charge is 2.11. The Hall–Kier alpha value is -3.52. The summed E-state index contributed by atoms with van der Waals surface area (Å²) in [6.45, 7) is 5.93. The van der Waals surface area contributed by atoms with Gasteiger partial charge in [0.1, 0.15) is 0 Å². The van der Waals surface area contributed by atoms with E-state index in [4.69, 9.17) is 4.42 Å². The molecule has 0 atom stereocenters. The molecule has 0 spiro atoms. The second-order valence-electron chi connectivity index (χ2n) is 7.47. The zero-order valence-corrected chi connectivity index (χ0v) is 18.9. The third kappa shape index (κ3) is 5.79. The number of amides is 1. The van der Waals surface area contributed by atoms with Crippen LogP contribution >= 0.6 is 11.8 Å². The van der Waals surface area contributed by atoms with Crippen molar-refractivity contribution in [2.45, 2.75) is 43.7 Å². The standard InChI is InChI=1S/C24H23N5O2S/c1-15-4-6-18(7-5-15)23-29-28-22(31-23)13-12-21(30)27-19-8-10-20(11-9-19)32-24-25-16(2)14-17(3)26-24/h4-11,14H,12-13H2,1-3H3,(H,27,30). The Balaban J connectivity index is 1.29. The molecule has 2 heterocycles. The normalized spacial score (nSPS) is 10.8. The number of nitrogens with one attached hydrogen (secondary N) is 1. The van der Waals surface area contributed by atoms with E-state index in [9.17, 15) is 4.79 Å². The van der Waals surface area contributed by atoms with Crippen molar-refractivity contribution in [1.29, 1.82) is 0 Å². The molecular weight excluding hydrogens is 422 g/mol. The van der Waals surface area contributed by atoms with Crippen molar-refractivity contribution >= 4 is 23.4 Å². The Labute approximate surface area is 190 Å². The monoisotopic (exact) mass is 445 g/mol. The Morgan fingerprint density at radius 3 is 2.31 bits per heavy atom. The highest BCUT2D eigenvalue weighted by Crippen LogP contribution is 2.26. The summed E-state index contributed by atoms with van der Waals surface area (Å²) < 4.78 is 5.68. The molecule has 4 aromatic rings. The third-order valence-corrected chi connectivity index (χ3v) is 5.51. The molecule has 1 amide bonds. The number of carbonyl (C=O) groups excluding carboxylic acids is 1. The fourth-order valence-electron chi connectivity index (χ4n) is 3.06. The van der Waals surface area contributed by atoms with Gasteiger partial charge in [-0.25, -0.2) is 9.97 Å². The predicted octanol–water partition coefficient (Wildman–Crippen LogP) is 5.17. The van der Waals surface area contributed by atoms with E-state index in [1.165, 1.54) is 11.8 Å². The van der Waals surface area contributed by atoms with Crippen molar-refractivity contribution in [3.63, 3.8) is 0 Å². The van der Waals surface area contributed by atoms with Crippen LogP contribution in [0.25, 0.3) is 11.5 Å². The molecule has 0 fully saturated rings. The fraction of sp³-hybridized carbons (Fsp3) is 0.208. The quantitative estimate of drug-likeness (QED) is 0.392. The first-order valence-corrected chi connectivity index (χ1v) is 11.1. The van der Waals surface area contributed by atoms with Gasteiger partial charge in [-0.1, -0.05) is 17.7 Å². The summed E-state index contributed by atoms with van der Waals surface area (Å²) in [7, 11) is 0. The number of rotatable bonds is 7. The van der Waals surface area contributed by atoms with Crippen molar-refractivity contribution in [1.82, 2.24) is 20.2 Å². The largest absolute Gasteiger partial charge is 0.421 e. The van der Waals surface area contributed by atoms with Crippen LogP contribution in [-0.4, -0.2) is 26.1 Å². The number of hydrogen-bond acceptors (Lipinski definition) is 7. The second-order valence-corrected chi connectivity index (χ2v) is 8.52. The van der Waals surface area contributed by atoms with Crippen molar-refractivity contribution < 1.29 is 9.21 Å². The van der Waals surface area contributed by atoms with Crippen LogP contribution in [0, 0.1) is 20.8 Å². The van der Waals surface area contributed by atoms with Gasteiger partial charge in [0.2, 0.25) is 17.7 Å². The van der Waals surface area contributed by atoms with Gasteiger partial charge in [0, 0.05) is 40.4 Å². The van der Waals surface area contributed by atoms with Crippen molar-refractivity contribution in [3.05, 3.63) is 77.4 Å². The van der Waals surface area contributed by atoms with E-state index in [2.05, 4.69) is 25.5 Å². The van der Waals surface area contributed by atoms with Gasteiger partial charge in [-0.15, -0.1) is 10.2 Å². The summed E-state index contributed by atoms with van der Waals surface area (Å²) in [5, 5.41) is 11.7. The fourth-order valence-corrected chi connectivity index (χ4v) is 3.92. The minimum Gasteiger partial charge on any atom is -0.421 e. The first-order valence-electron chi connectivity index (χ1n) is 10.2. The van der Waals surface area contributed by atoms with Crippen molar-refractivity contribution in [2.24, 2.45) is 0 Å². The lowest BCUT2D eigenvalue weighted by atomic mass is 10.1. The number of carbonyl (C=O) groups is 1. The molecule has 8 heteroatoms. The lowest BCUT2D eigenvalue weighted by Gasteiger charge is -2.06. The van der Waals surface area contributed by atoms with Crippen molar-refractivity contribution in [2.75, 3.05) is 5.32 Å². The van der Waals surface area contributed by atoms with E-state index in [0.717, 1.165) is 33.1 Å². The predicted molar refractivity (Wildman–Crippen MR) is 123 cm³/mol. The molecule has 32 heavy (non-hydrogen) atoms. The average Bonchev–Trinajstić information content (AvgIpc) is 3.23. The number of aryl methyl sites for hydroxylation is 4. The molecule has 0 aliphatic carbocycles. The topological polar surface area (TPSA) is 93.8 Å². The van der Waals surface area contributed by atoms with Crippen LogP contribution in [0.15, 0.2) is 69.1 Å². The molecule has 0 unspecified atom stereocenters. The number of benzene rings is 2. The zero-order valence-electron chi connectivity index (χ0n) is 18.1. The molecule has 4 rings (SSSR count).